The summed E-state index contributed by atoms with van der Waals surface area (Å²) in [7, 11) is 0. The van der Waals surface area contributed by atoms with E-state index in [-0.39, 0.29) is 5.97 Å². The summed E-state index contributed by atoms with van der Waals surface area (Å²) in [5.41, 5.74) is 0.576. The van der Waals surface area contributed by atoms with Gasteiger partial charge in [-0.25, -0.2) is 4.79 Å². The van der Waals surface area contributed by atoms with E-state index in [1.165, 1.54) is 19.3 Å². The molecular formula is C16H24O3. The predicted molar refractivity (Wildman–Crippen MR) is 76.7 cm³/mol. The first-order chi connectivity index (χ1) is 9.27. The summed E-state index contributed by atoms with van der Waals surface area (Å²) >= 11 is 0. The molecule has 1 aromatic rings. The highest BCUT2D eigenvalue weighted by Gasteiger charge is 2.06. The quantitative estimate of drug-likeness (QED) is 0.495. The Morgan fingerprint density at radius 2 is 1.68 bits per heavy atom. The first-order valence-electron chi connectivity index (χ1n) is 7.18. The molecule has 1 rings (SSSR count). The second kappa shape index (κ2) is 9.42. The molecular weight excluding hydrogens is 240 g/mol. The van der Waals surface area contributed by atoms with Crippen molar-refractivity contribution in [1.82, 2.24) is 0 Å². The molecule has 0 amide bonds. The van der Waals surface area contributed by atoms with Gasteiger partial charge in [0.25, 0.3) is 0 Å². The van der Waals surface area contributed by atoms with Crippen LogP contribution >= 0.6 is 0 Å². The lowest BCUT2D eigenvalue weighted by atomic mass is 10.2. The lowest BCUT2D eigenvalue weighted by Crippen LogP contribution is -2.05. The highest BCUT2D eigenvalue weighted by atomic mass is 16.5. The van der Waals surface area contributed by atoms with Gasteiger partial charge < -0.3 is 9.47 Å². The molecule has 0 heterocycles. The fourth-order valence-corrected chi connectivity index (χ4v) is 1.68. The van der Waals surface area contributed by atoms with E-state index in [0.717, 1.165) is 25.2 Å². The molecule has 0 atom stereocenters. The third kappa shape index (κ3) is 6.27. The molecule has 3 heteroatoms. The number of rotatable bonds is 9. The zero-order valence-electron chi connectivity index (χ0n) is 12.0. The Balaban J connectivity index is 2.32. The van der Waals surface area contributed by atoms with E-state index in [2.05, 4.69) is 6.92 Å². The third-order valence-corrected chi connectivity index (χ3v) is 2.79. The van der Waals surface area contributed by atoms with Crippen LogP contribution < -0.4 is 4.74 Å². The SMILES string of the molecule is CCCCCCOc1ccc(C(=O)OCCC)cc1. The van der Waals surface area contributed by atoms with Crippen LogP contribution in [0.2, 0.25) is 0 Å². The summed E-state index contributed by atoms with van der Waals surface area (Å²) in [5, 5.41) is 0. The van der Waals surface area contributed by atoms with E-state index in [1.54, 1.807) is 12.1 Å². The zero-order chi connectivity index (χ0) is 13.9. The topological polar surface area (TPSA) is 35.5 Å². The van der Waals surface area contributed by atoms with Crippen molar-refractivity contribution in [3.63, 3.8) is 0 Å². The van der Waals surface area contributed by atoms with Gasteiger partial charge in [-0.1, -0.05) is 33.1 Å². The Labute approximate surface area is 115 Å². The number of carbonyl (C=O) groups excluding carboxylic acids is 1. The molecule has 0 bridgehead atoms. The van der Waals surface area contributed by atoms with Crippen LogP contribution in [0.1, 0.15) is 56.3 Å². The first kappa shape index (κ1) is 15.5. The number of hydrogen-bond acceptors (Lipinski definition) is 3. The summed E-state index contributed by atoms with van der Waals surface area (Å²) in [4.78, 5) is 11.6. The van der Waals surface area contributed by atoms with Gasteiger partial charge in [0.1, 0.15) is 5.75 Å². The molecule has 1 aromatic carbocycles. The van der Waals surface area contributed by atoms with Crippen molar-refractivity contribution in [3.05, 3.63) is 29.8 Å². The van der Waals surface area contributed by atoms with Gasteiger partial charge in [0.15, 0.2) is 0 Å². The molecule has 0 radical (unpaired) electrons. The van der Waals surface area contributed by atoms with Crippen LogP contribution in [0.3, 0.4) is 0 Å². The fourth-order valence-electron chi connectivity index (χ4n) is 1.68. The van der Waals surface area contributed by atoms with Crippen molar-refractivity contribution in [1.29, 1.82) is 0 Å². The summed E-state index contributed by atoms with van der Waals surface area (Å²) in [6.07, 6.45) is 5.61. The Hall–Kier alpha value is -1.51. The minimum atomic E-state index is -0.267. The summed E-state index contributed by atoms with van der Waals surface area (Å²) < 4.78 is 10.7. The van der Waals surface area contributed by atoms with Gasteiger partial charge in [-0.3, -0.25) is 0 Å². The largest absolute Gasteiger partial charge is 0.494 e. The molecule has 106 valence electrons. The molecule has 0 aliphatic heterocycles. The van der Waals surface area contributed by atoms with Crippen LogP contribution in [-0.4, -0.2) is 19.2 Å². The number of hydrogen-bond donors (Lipinski definition) is 0. The molecule has 0 unspecified atom stereocenters. The van der Waals surface area contributed by atoms with Crippen molar-refractivity contribution < 1.29 is 14.3 Å². The van der Waals surface area contributed by atoms with Gasteiger partial charge in [-0.15, -0.1) is 0 Å². The first-order valence-corrected chi connectivity index (χ1v) is 7.18. The van der Waals surface area contributed by atoms with Crippen molar-refractivity contribution >= 4 is 5.97 Å². The van der Waals surface area contributed by atoms with Crippen molar-refractivity contribution in [2.45, 2.75) is 46.0 Å². The monoisotopic (exact) mass is 264 g/mol. The minimum Gasteiger partial charge on any atom is -0.494 e. The molecule has 0 spiro atoms. The molecule has 3 nitrogen and oxygen atoms in total. The van der Waals surface area contributed by atoms with Gasteiger partial charge in [0.2, 0.25) is 0 Å². The maximum Gasteiger partial charge on any atom is 0.338 e. The Morgan fingerprint density at radius 1 is 0.947 bits per heavy atom. The second-order valence-corrected chi connectivity index (χ2v) is 4.57. The van der Waals surface area contributed by atoms with E-state index >= 15 is 0 Å². The van der Waals surface area contributed by atoms with E-state index in [4.69, 9.17) is 9.47 Å². The summed E-state index contributed by atoms with van der Waals surface area (Å²) in [6.45, 7) is 5.37. The van der Waals surface area contributed by atoms with Crippen LogP contribution in [0, 0.1) is 0 Å². The highest BCUT2D eigenvalue weighted by Crippen LogP contribution is 2.14. The average molecular weight is 264 g/mol. The predicted octanol–water partition coefficient (Wildman–Crippen LogP) is 4.21. The van der Waals surface area contributed by atoms with Crippen LogP contribution in [0.25, 0.3) is 0 Å². The summed E-state index contributed by atoms with van der Waals surface area (Å²) in [6, 6.07) is 7.14. The maximum atomic E-state index is 11.6. The van der Waals surface area contributed by atoms with Crippen molar-refractivity contribution in [2.75, 3.05) is 13.2 Å². The molecule has 0 fully saturated rings. The third-order valence-electron chi connectivity index (χ3n) is 2.79. The van der Waals surface area contributed by atoms with Crippen molar-refractivity contribution in [3.8, 4) is 5.75 Å². The molecule has 0 saturated heterocycles. The Kier molecular flexibility index (Phi) is 7.71. The van der Waals surface area contributed by atoms with Gasteiger partial charge in [-0.2, -0.15) is 0 Å². The number of carbonyl (C=O) groups is 1. The number of ether oxygens (including phenoxy) is 2. The lowest BCUT2D eigenvalue weighted by molar-refractivity contribution is 0.0505. The molecule has 0 aliphatic rings. The molecule has 0 saturated carbocycles. The van der Waals surface area contributed by atoms with Crippen LogP contribution in [-0.2, 0) is 4.74 Å². The molecule has 0 aromatic heterocycles. The van der Waals surface area contributed by atoms with Gasteiger partial charge in [0.05, 0.1) is 18.8 Å². The van der Waals surface area contributed by atoms with E-state index in [9.17, 15) is 4.79 Å². The van der Waals surface area contributed by atoms with E-state index < -0.39 is 0 Å². The van der Waals surface area contributed by atoms with Gasteiger partial charge in [0, 0.05) is 0 Å². The Bertz CT molecular complexity index is 357. The normalized spacial score (nSPS) is 10.2. The zero-order valence-corrected chi connectivity index (χ0v) is 12.0. The van der Waals surface area contributed by atoms with Crippen LogP contribution in [0.4, 0.5) is 0 Å². The molecule has 0 aliphatic carbocycles. The number of esters is 1. The fraction of sp³-hybridized carbons (Fsp3) is 0.562. The minimum absolute atomic E-state index is 0.267. The van der Waals surface area contributed by atoms with Gasteiger partial charge >= 0.3 is 5.97 Å². The van der Waals surface area contributed by atoms with E-state index in [0.29, 0.717) is 12.2 Å². The number of unbranched alkanes of at least 4 members (excludes halogenated alkanes) is 3. The molecule has 19 heavy (non-hydrogen) atoms. The summed E-state index contributed by atoms with van der Waals surface area (Å²) in [5.74, 6) is 0.542. The van der Waals surface area contributed by atoms with Crippen LogP contribution in [0.5, 0.6) is 5.75 Å². The smallest absolute Gasteiger partial charge is 0.338 e. The highest BCUT2D eigenvalue weighted by molar-refractivity contribution is 5.89. The number of benzene rings is 1. The van der Waals surface area contributed by atoms with Gasteiger partial charge in [-0.05, 0) is 37.1 Å². The average Bonchev–Trinajstić information content (AvgIpc) is 2.45. The molecule has 0 N–H and O–H groups in total. The van der Waals surface area contributed by atoms with Crippen LogP contribution in [0.15, 0.2) is 24.3 Å². The Morgan fingerprint density at radius 3 is 2.32 bits per heavy atom. The lowest BCUT2D eigenvalue weighted by Gasteiger charge is -2.07. The van der Waals surface area contributed by atoms with Crippen molar-refractivity contribution in [2.24, 2.45) is 0 Å². The van der Waals surface area contributed by atoms with E-state index in [1.807, 2.05) is 19.1 Å². The standard InChI is InChI=1S/C16H24O3/c1-3-5-6-7-13-18-15-10-8-14(9-11-15)16(17)19-12-4-2/h8-11H,3-7,12-13H2,1-2H3. The maximum absolute atomic E-state index is 11.6. The second-order valence-electron chi connectivity index (χ2n) is 4.57.